The molecule has 0 amide bonds. The van der Waals surface area contributed by atoms with Crippen LogP contribution in [0.15, 0.2) is 18.2 Å². The van der Waals surface area contributed by atoms with Crippen molar-refractivity contribution in [3.8, 4) is 6.07 Å². The van der Waals surface area contributed by atoms with Gasteiger partial charge >= 0.3 is 6.18 Å². The van der Waals surface area contributed by atoms with E-state index in [1.807, 2.05) is 13.8 Å². The van der Waals surface area contributed by atoms with Crippen LogP contribution in [0.2, 0.25) is 0 Å². The van der Waals surface area contributed by atoms with E-state index < -0.39 is 46.6 Å². The van der Waals surface area contributed by atoms with Gasteiger partial charge in [-0.1, -0.05) is 19.9 Å². The summed E-state index contributed by atoms with van der Waals surface area (Å²) in [6.07, 6.45) is -4.60. The zero-order chi connectivity index (χ0) is 28.4. The third kappa shape index (κ3) is 4.34. The number of pyridine rings is 1. The number of nitrogens with zero attached hydrogens (tertiary/aromatic N) is 2. The smallest absolute Gasteiger partial charge is 0.388 e. The fourth-order valence-corrected chi connectivity index (χ4v) is 7.03. The molecule has 0 bridgehead atoms. The molecule has 2 fully saturated rings. The van der Waals surface area contributed by atoms with Crippen molar-refractivity contribution in [3.05, 3.63) is 63.0 Å². The maximum atomic E-state index is 13.6. The molecule has 3 atom stereocenters. The van der Waals surface area contributed by atoms with Gasteiger partial charge in [0.05, 0.1) is 40.3 Å². The summed E-state index contributed by atoms with van der Waals surface area (Å²) in [6.45, 7) is 5.72. The molecular formula is C30H33F3N2O5. The Morgan fingerprint density at radius 2 is 1.68 bits per heavy atom. The average molecular weight is 559 g/mol. The number of fused-ring (bicyclic) bond motifs is 4. The molecule has 2 aromatic rings. The van der Waals surface area contributed by atoms with E-state index in [0.717, 1.165) is 22.9 Å². The van der Waals surface area contributed by atoms with Crippen LogP contribution >= 0.6 is 0 Å². The van der Waals surface area contributed by atoms with Gasteiger partial charge < -0.3 is 24.4 Å². The van der Waals surface area contributed by atoms with Crippen LogP contribution in [0.4, 0.5) is 13.2 Å². The monoisotopic (exact) mass is 558 g/mol. The quantitative estimate of drug-likeness (QED) is 0.502. The van der Waals surface area contributed by atoms with Crippen LogP contribution in [0.3, 0.4) is 0 Å². The first-order chi connectivity index (χ1) is 19.0. The Balaban J connectivity index is 1.63. The molecule has 1 aromatic heterocycles. The first kappa shape index (κ1) is 27.6. The number of halogens is 3. The van der Waals surface area contributed by atoms with Crippen LogP contribution in [-0.2, 0) is 26.0 Å². The Labute approximate surface area is 230 Å². The average Bonchev–Trinajstić information content (AvgIpc) is 3.25. The number of aliphatic hydroxyl groups excluding tert-OH is 2. The molecule has 6 rings (SSSR count). The van der Waals surface area contributed by atoms with Crippen molar-refractivity contribution in [1.29, 1.82) is 5.26 Å². The minimum atomic E-state index is -4.67. The second-order valence-corrected chi connectivity index (χ2v) is 12.1. The summed E-state index contributed by atoms with van der Waals surface area (Å²) in [6, 6.07) is 5.28. The number of ether oxygens (including phenoxy) is 3. The minimum Gasteiger partial charge on any atom is -0.388 e. The number of benzene rings is 1. The number of hydrogen-bond donors (Lipinski definition) is 2. The maximum absolute atomic E-state index is 13.6. The largest absolute Gasteiger partial charge is 0.417 e. The van der Waals surface area contributed by atoms with Gasteiger partial charge in [-0.25, -0.2) is 0 Å². The van der Waals surface area contributed by atoms with Gasteiger partial charge in [0.1, 0.15) is 12.2 Å². The van der Waals surface area contributed by atoms with Gasteiger partial charge in [-0.3, -0.25) is 4.98 Å². The van der Waals surface area contributed by atoms with Crippen LogP contribution < -0.4 is 0 Å². The Hall–Kier alpha value is -2.55. The number of nitriles is 1. The van der Waals surface area contributed by atoms with E-state index in [9.17, 15) is 28.6 Å². The molecule has 4 heterocycles. The van der Waals surface area contributed by atoms with Gasteiger partial charge in [0.25, 0.3) is 0 Å². The van der Waals surface area contributed by atoms with Crippen molar-refractivity contribution < 1.29 is 37.6 Å². The fraction of sp³-hybridized carbons (Fsp3) is 0.600. The Morgan fingerprint density at radius 1 is 1.00 bits per heavy atom. The molecule has 10 heteroatoms. The van der Waals surface area contributed by atoms with E-state index in [2.05, 4.69) is 0 Å². The Morgan fingerprint density at radius 3 is 2.33 bits per heavy atom. The van der Waals surface area contributed by atoms with E-state index in [1.54, 1.807) is 6.07 Å². The summed E-state index contributed by atoms with van der Waals surface area (Å²) in [5.41, 5.74) is 0.739. The zero-order valence-electron chi connectivity index (χ0n) is 22.6. The standard InChI is InChI=1S/C30H33F3N2O5/c1-28(2)14-20(36)21-23-22(24(35-25(21)27(28)37)16-5-9-38-10-6-16)26(40-29(23)7-11-39-12-8-29)17-3-4-19(30(31,32)33)18(13-17)15-34/h3-4,13,16,20,26-27,36-37H,5-12,14H2,1-2H3. The lowest BCUT2D eigenvalue weighted by Crippen LogP contribution is -2.38. The van der Waals surface area contributed by atoms with Crippen LogP contribution in [-0.4, -0.2) is 41.6 Å². The van der Waals surface area contributed by atoms with E-state index >= 15 is 0 Å². The molecule has 1 aliphatic carbocycles. The SMILES string of the molecule is CC1(C)CC(O)c2c(nc(C3CCOCC3)c3c2C2(CCOCC2)OC3c2ccc(C(F)(F)F)c(C#N)c2)C1O. The van der Waals surface area contributed by atoms with Crippen LogP contribution in [0.5, 0.6) is 0 Å². The Kier molecular flexibility index (Phi) is 6.75. The first-order valence-electron chi connectivity index (χ1n) is 13.9. The highest BCUT2D eigenvalue weighted by Gasteiger charge is 2.54. The summed E-state index contributed by atoms with van der Waals surface area (Å²) < 4.78 is 59.1. The summed E-state index contributed by atoms with van der Waals surface area (Å²) in [5.74, 6) is -0.0202. The maximum Gasteiger partial charge on any atom is 0.417 e. The zero-order valence-corrected chi connectivity index (χ0v) is 22.6. The molecule has 0 radical (unpaired) electrons. The van der Waals surface area contributed by atoms with Crippen LogP contribution in [0.25, 0.3) is 0 Å². The summed E-state index contributed by atoms with van der Waals surface area (Å²) in [5, 5.41) is 32.7. The van der Waals surface area contributed by atoms with Gasteiger partial charge in [-0.05, 0) is 47.9 Å². The van der Waals surface area contributed by atoms with Crippen molar-refractivity contribution >= 4 is 0 Å². The highest BCUT2D eigenvalue weighted by molar-refractivity contribution is 5.56. The number of alkyl halides is 3. The molecule has 3 aliphatic heterocycles. The van der Waals surface area contributed by atoms with Crippen molar-refractivity contribution in [2.45, 2.75) is 82.0 Å². The van der Waals surface area contributed by atoms with Crippen molar-refractivity contribution in [2.75, 3.05) is 26.4 Å². The molecule has 1 aromatic carbocycles. The fourth-order valence-electron chi connectivity index (χ4n) is 7.03. The molecule has 1 spiro atoms. The third-order valence-electron chi connectivity index (χ3n) is 9.13. The predicted octanol–water partition coefficient (Wildman–Crippen LogP) is 5.49. The van der Waals surface area contributed by atoms with E-state index in [4.69, 9.17) is 19.2 Å². The van der Waals surface area contributed by atoms with E-state index in [-0.39, 0.29) is 5.92 Å². The summed E-state index contributed by atoms with van der Waals surface area (Å²) in [7, 11) is 0. The van der Waals surface area contributed by atoms with Gasteiger partial charge in [0.15, 0.2) is 0 Å². The van der Waals surface area contributed by atoms with E-state index in [1.165, 1.54) is 12.1 Å². The molecule has 7 nitrogen and oxygen atoms in total. The van der Waals surface area contributed by atoms with Gasteiger partial charge in [0.2, 0.25) is 0 Å². The second-order valence-electron chi connectivity index (χ2n) is 12.1. The molecule has 4 aliphatic rings. The van der Waals surface area contributed by atoms with Gasteiger partial charge in [-0.15, -0.1) is 0 Å². The first-order valence-corrected chi connectivity index (χ1v) is 13.9. The predicted molar refractivity (Wildman–Crippen MR) is 136 cm³/mol. The van der Waals surface area contributed by atoms with Crippen molar-refractivity contribution in [2.24, 2.45) is 5.41 Å². The molecule has 0 saturated carbocycles. The Bertz CT molecular complexity index is 1360. The highest BCUT2D eigenvalue weighted by atomic mass is 19.4. The van der Waals surface area contributed by atoms with Crippen LogP contribution in [0, 0.1) is 16.7 Å². The normalized spacial score (nSPS) is 27.7. The number of aliphatic hydroxyl groups is 2. The van der Waals surface area contributed by atoms with Crippen molar-refractivity contribution in [3.63, 3.8) is 0 Å². The molecule has 2 saturated heterocycles. The number of aromatic nitrogens is 1. The lowest BCUT2D eigenvalue weighted by molar-refractivity contribution is -0.138. The van der Waals surface area contributed by atoms with Gasteiger partial charge in [-0.2, -0.15) is 18.4 Å². The van der Waals surface area contributed by atoms with Crippen molar-refractivity contribution in [1.82, 2.24) is 4.98 Å². The molecule has 3 unspecified atom stereocenters. The molecule has 40 heavy (non-hydrogen) atoms. The number of hydrogen-bond acceptors (Lipinski definition) is 7. The molecule has 214 valence electrons. The lowest BCUT2D eigenvalue weighted by Gasteiger charge is -2.42. The molecular weight excluding hydrogens is 525 g/mol. The minimum absolute atomic E-state index is 0.0202. The number of rotatable bonds is 2. The van der Waals surface area contributed by atoms with E-state index in [0.29, 0.717) is 75.4 Å². The highest BCUT2D eigenvalue weighted by Crippen LogP contribution is 2.59. The second kappa shape index (κ2) is 9.78. The molecule has 2 N–H and O–H groups in total. The lowest BCUT2D eigenvalue weighted by atomic mass is 9.68. The van der Waals surface area contributed by atoms with Crippen LogP contribution in [0.1, 0.15) is 115 Å². The topological polar surface area (TPSA) is 105 Å². The third-order valence-corrected chi connectivity index (χ3v) is 9.13. The summed E-state index contributed by atoms with van der Waals surface area (Å²) >= 11 is 0. The summed E-state index contributed by atoms with van der Waals surface area (Å²) in [4.78, 5) is 5.07. The van der Waals surface area contributed by atoms with Gasteiger partial charge in [0, 0.05) is 56.3 Å².